The topological polar surface area (TPSA) is 83.0 Å². The van der Waals surface area contributed by atoms with Gasteiger partial charge in [-0.15, -0.1) is 0 Å². The molecule has 0 bridgehead atoms. The molecule has 4 N–H and O–H groups in total. The number of carbonyl (C=O) groups excluding carboxylic acids is 2. The van der Waals surface area contributed by atoms with E-state index in [9.17, 15) is 9.59 Å². The van der Waals surface area contributed by atoms with Crippen LogP contribution >= 0.6 is 0 Å². The molecule has 1 aromatic carbocycles. The lowest BCUT2D eigenvalue weighted by atomic mass is 9.85. The van der Waals surface area contributed by atoms with Crippen LogP contribution in [0.5, 0.6) is 0 Å². The molecule has 1 aromatic rings. The lowest BCUT2D eigenvalue weighted by Gasteiger charge is -2.25. The van der Waals surface area contributed by atoms with Crippen LogP contribution in [-0.2, 0) is 20.7 Å². The molecule has 0 heterocycles. The van der Waals surface area contributed by atoms with E-state index in [-0.39, 0.29) is 17.8 Å². The van der Waals surface area contributed by atoms with Gasteiger partial charge in [-0.2, -0.15) is 0 Å². The molecule has 0 unspecified atom stereocenters. The van der Waals surface area contributed by atoms with Crippen LogP contribution in [0.1, 0.15) is 38.2 Å². The van der Waals surface area contributed by atoms with Crippen molar-refractivity contribution in [2.45, 2.75) is 51.1 Å². The molecule has 5 nitrogen and oxygen atoms in total. The maximum atomic E-state index is 12.5. The van der Waals surface area contributed by atoms with E-state index in [0.717, 1.165) is 31.2 Å². The zero-order chi connectivity index (χ0) is 16.7. The first kappa shape index (κ1) is 17.5. The zero-order valence-electron chi connectivity index (χ0n) is 13.8. The summed E-state index contributed by atoms with van der Waals surface area (Å²) in [7, 11) is 0. The van der Waals surface area contributed by atoms with E-state index in [1.165, 1.54) is 0 Å². The van der Waals surface area contributed by atoms with E-state index in [2.05, 4.69) is 11.1 Å². The second kappa shape index (κ2) is 8.67. The Kier molecular flexibility index (Phi) is 6.59. The SMILES string of the molecule is CCOC(=O)[C@@H](Cc1ccccc1)NC(=O)C1CCC([NH3+])CC1. The molecule has 0 saturated heterocycles. The fourth-order valence-corrected chi connectivity index (χ4v) is 3.00. The molecule has 2 rings (SSSR count). The molecule has 1 aliphatic rings. The number of rotatable bonds is 6. The molecule has 0 aliphatic heterocycles. The lowest BCUT2D eigenvalue weighted by molar-refractivity contribution is -0.426. The zero-order valence-corrected chi connectivity index (χ0v) is 13.8. The summed E-state index contributed by atoms with van der Waals surface area (Å²) < 4.78 is 5.12. The summed E-state index contributed by atoms with van der Waals surface area (Å²) in [5.41, 5.74) is 5.06. The summed E-state index contributed by atoms with van der Waals surface area (Å²) in [6.07, 6.45) is 4.10. The summed E-state index contributed by atoms with van der Waals surface area (Å²) in [5, 5.41) is 2.90. The van der Waals surface area contributed by atoms with Crippen molar-refractivity contribution in [2.24, 2.45) is 5.92 Å². The van der Waals surface area contributed by atoms with E-state index < -0.39 is 6.04 Å². The third-order valence-electron chi connectivity index (χ3n) is 4.39. The third kappa shape index (κ3) is 5.36. The van der Waals surface area contributed by atoms with Gasteiger partial charge in [0.25, 0.3) is 0 Å². The highest BCUT2D eigenvalue weighted by Crippen LogP contribution is 2.22. The Balaban J connectivity index is 1.99. The van der Waals surface area contributed by atoms with Crippen molar-refractivity contribution in [3.05, 3.63) is 35.9 Å². The fraction of sp³-hybridized carbons (Fsp3) is 0.556. The first-order valence-electron chi connectivity index (χ1n) is 8.44. The monoisotopic (exact) mass is 319 g/mol. The van der Waals surface area contributed by atoms with E-state index in [1.807, 2.05) is 30.3 Å². The van der Waals surface area contributed by atoms with Gasteiger partial charge in [0.1, 0.15) is 6.04 Å². The second-order valence-corrected chi connectivity index (χ2v) is 6.22. The maximum absolute atomic E-state index is 12.5. The molecule has 1 amide bonds. The standard InChI is InChI=1S/C18H26N2O3/c1-2-23-18(22)16(12-13-6-4-3-5-7-13)20-17(21)14-8-10-15(19)11-9-14/h3-7,14-16H,2,8-12,19H2,1H3,(H,20,21)/p+1/t14?,15?,16-/m1/s1. The van der Waals surface area contributed by atoms with Gasteiger partial charge in [0.2, 0.25) is 5.91 Å². The molecule has 1 aliphatic carbocycles. The number of benzene rings is 1. The molecular formula is C18H27N2O3+. The Morgan fingerprint density at radius 1 is 1.22 bits per heavy atom. The van der Waals surface area contributed by atoms with Crippen LogP contribution in [0, 0.1) is 5.92 Å². The number of nitrogens with one attached hydrogen (secondary N) is 1. The van der Waals surface area contributed by atoms with Gasteiger partial charge in [0.05, 0.1) is 12.6 Å². The van der Waals surface area contributed by atoms with Crippen LogP contribution in [0.3, 0.4) is 0 Å². The molecule has 0 radical (unpaired) electrons. The summed E-state index contributed by atoms with van der Waals surface area (Å²) in [5.74, 6) is -0.415. The van der Waals surface area contributed by atoms with Crippen molar-refractivity contribution in [1.29, 1.82) is 0 Å². The molecule has 1 fully saturated rings. The largest absolute Gasteiger partial charge is 0.464 e. The Labute approximate surface area is 137 Å². The maximum Gasteiger partial charge on any atom is 0.328 e. The minimum atomic E-state index is -0.623. The van der Waals surface area contributed by atoms with Crippen molar-refractivity contribution in [3.63, 3.8) is 0 Å². The van der Waals surface area contributed by atoms with Crippen molar-refractivity contribution in [1.82, 2.24) is 5.32 Å². The normalized spacial score (nSPS) is 22.2. The van der Waals surface area contributed by atoms with Crippen LogP contribution in [0.15, 0.2) is 30.3 Å². The molecule has 0 aromatic heterocycles. The molecule has 0 spiro atoms. The van der Waals surface area contributed by atoms with Gasteiger partial charge in [-0.05, 0) is 38.2 Å². The molecule has 23 heavy (non-hydrogen) atoms. The van der Waals surface area contributed by atoms with Gasteiger partial charge in [-0.1, -0.05) is 30.3 Å². The number of hydrogen-bond donors (Lipinski definition) is 2. The minimum absolute atomic E-state index is 0.0132. The van der Waals surface area contributed by atoms with Gasteiger partial charge >= 0.3 is 5.97 Å². The molecule has 1 saturated carbocycles. The number of hydrogen-bond acceptors (Lipinski definition) is 3. The van der Waals surface area contributed by atoms with Gasteiger partial charge in [0.15, 0.2) is 0 Å². The van der Waals surface area contributed by atoms with Crippen molar-refractivity contribution in [2.75, 3.05) is 6.61 Å². The average Bonchev–Trinajstić information content (AvgIpc) is 2.56. The van der Waals surface area contributed by atoms with E-state index in [1.54, 1.807) is 6.92 Å². The number of amides is 1. The summed E-state index contributed by atoms with van der Waals surface area (Å²) >= 11 is 0. The highest BCUT2D eigenvalue weighted by molar-refractivity contribution is 5.86. The Bertz CT molecular complexity index is 510. The van der Waals surface area contributed by atoms with Crippen LogP contribution in [0.4, 0.5) is 0 Å². The number of esters is 1. The lowest BCUT2D eigenvalue weighted by Crippen LogP contribution is -2.62. The van der Waals surface area contributed by atoms with Crippen molar-refractivity contribution < 1.29 is 20.1 Å². The number of carbonyl (C=O) groups is 2. The van der Waals surface area contributed by atoms with Gasteiger partial charge in [-0.25, -0.2) is 4.79 Å². The van der Waals surface area contributed by atoms with Gasteiger partial charge in [0, 0.05) is 12.3 Å². The van der Waals surface area contributed by atoms with E-state index >= 15 is 0 Å². The molecule has 126 valence electrons. The summed E-state index contributed by atoms with van der Waals surface area (Å²) in [4.78, 5) is 24.6. The molecule has 5 heteroatoms. The van der Waals surface area contributed by atoms with Crippen LogP contribution in [0.2, 0.25) is 0 Å². The molecule has 1 atom stereocenters. The fourth-order valence-electron chi connectivity index (χ4n) is 3.00. The smallest absolute Gasteiger partial charge is 0.328 e. The number of quaternary nitrogens is 1. The Morgan fingerprint density at radius 3 is 2.48 bits per heavy atom. The summed E-state index contributed by atoms with van der Waals surface area (Å²) in [6.45, 7) is 2.08. The Morgan fingerprint density at radius 2 is 1.87 bits per heavy atom. The predicted octanol–water partition coefficient (Wildman–Crippen LogP) is 1.08. The van der Waals surface area contributed by atoms with Crippen LogP contribution < -0.4 is 11.1 Å². The highest BCUT2D eigenvalue weighted by atomic mass is 16.5. The molecular weight excluding hydrogens is 292 g/mol. The van der Waals surface area contributed by atoms with E-state index in [4.69, 9.17) is 4.74 Å². The number of ether oxygens (including phenoxy) is 1. The average molecular weight is 319 g/mol. The minimum Gasteiger partial charge on any atom is -0.464 e. The van der Waals surface area contributed by atoms with Gasteiger partial charge in [-0.3, -0.25) is 4.79 Å². The first-order valence-corrected chi connectivity index (χ1v) is 8.44. The second-order valence-electron chi connectivity index (χ2n) is 6.22. The Hall–Kier alpha value is -1.88. The summed E-state index contributed by atoms with van der Waals surface area (Å²) in [6, 6.07) is 9.51. The van der Waals surface area contributed by atoms with Crippen molar-refractivity contribution >= 4 is 11.9 Å². The quantitative estimate of drug-likeness (QED) is 0.770. The van der Waals surface area contributed by atoms with Crippen LogP contribution in [0.25, 0.3) is 0 Å². The van der Waals surface area contributed by atoms with Crippen molar-refractivity contribution in [3.8, 4) is 0 Å². The predicted molar refractivity (Wildman–Crippen MR) is 87.3 cm³/mol. The van der Waals surface area contributed by atoms with Gasteiger partial charge < -0.3 is 15.8 Å². The van der Waals surface area contributed by atoms with E-state index in [0.29, 0.717) is 19.1 Å². The highest BCUT2D eigenvalue weighted by Gasteiger charge is 2.30. The first-order chi connectivity index (χ1) is 11.1. The van der Waals surface area contributed by atoms with Crippen LogP contribution in [-0.4, -0.2) is 30.6 Å². The third-order valence-corrected chi connectivity index (χ3v) is 4.39.